The van der Waals surface area contributed by atoms with Gasteiger partial charge in [0.2, 0.25) is 0 Å². The Kier molecular flexibility index (Phi) is 3.78. The first-order valence-electron chi connectivity index (χ1n) is 8.40. The highest BCUT2D eigenvalue weighted by Gasteiger charge is 2.43. The quantitative estimate of drug-likeness (QED) is 0.851. The third-order valence-electron chi connectivity index (χ3n) is 5.50. The maximum Gasteiger partial charge on any atom is 0.0947 e. The molecule has 1 aromatic heterocycles. The lowest BCUT2D eigenvalue weighted by molar-refractivity contribution is -0.0970. The highest BCUT2D eigenvalue weighted by molar-refractivity contribution is 5.06. The minimum Gasteiger partial charge on any atom is -0.472 e. The Hall–Kier alpha value is -0.840. The van der Waals surface area contributed by atoms with Crippen molar-refractivity contribution in [2.75, 3.05) is 39.4 Å². The number of likely N-dealkylation sites (tertiary alicyclic amines) is 1. The van der Waals surface area contributed by atoms with Crippen molar-refractivity contribution in [1.29, 1.82) is 0 Å². The standard InChI is InChI=1S/C17H26N2O2/c1-2-15(1)12-19-8-10-21-14-17(19)4-6-18(7-5-17)11-16-3-9-20-13-16/h3,9,13,15H,1-2,4-8,10-12,14H2. The van der Waals surface area contributed by atoms with Crippen LogP contribution >= 0.6 is 0 Å². The molecule has 0 aromatic carbocycles. The Balaban J connectivity index is 1.37. The van der Waals surface area contributed by atoms with Crippen LogP contribution in [-0.2, 0) is 11.3 Å². The van der Waals surface area contributed by atoms with E-state index in [1.54, 1.807) is 6.26 Å². The van der Waals surface area contributed by atoms with E-state index in [0.717, 1.165) is 32.2 Å². The van der Waals surface area contributed by atoms with Gasteiger partial charge in [-0.1, -0.05) is 0 Å². The molecule has 3 fully saturated rings. The average molecular weight is 290 g/mol. The van der Waals surface area contributed by atoms with Gasteiger partial charge in [0.15, 0.2) is 0 Å². The summed E-state index contributed by atoms with van der Waals surface area (Å²) in [5, 5.41) is 0. The Morgan fingerprint density at radius 1 is 1.19 bits per heavy atom. The smallest absolute Gasteiger partial charge is 0.0947 e. The fourth-order valence-corrected chi connectivity index (χ4v) is 3.89. The molecule has 2 saturated heterocycles. The molecule has 0 bridgehead atoms. The fraction of sp³-hybridized carbons (Fsp3) is 0.765. The van der Waals surface area contributed by atoms with Gasteiger partial charge in [0, 0.05) is 43.8 Å². The van der Waals surface area contributed by atoms with E-state index in [2.05, 4.69) is 15.9 Å². The largest absolute Gasteiger partial charge is 0.472 e. The number of hydrogen-bond acceptors (Lipinski definition) is 4. The van der Waals surface area contributed by atoms with Gasteiger partial charge in [0.1, 0.15) is 0 Å². The maximum absolute atomic E-state index is 5.86. The summed E-state index contributed by atoms with van der Waals surface area (Å²) in [5.41, 5.74) is 1.62. The van der Waals surface area contributed by atoms with Crippen molar-refractivity contribution in [3.05, 3.63) is 24.2 Å². The normalized spacial score (nSPS) is 27.2. The maximum atomic E-state index is 5.86. The Morgan fingerprint density at radius 3 is 2.76 bits per heavy atom. The molecular formula is C17H26N2O2. The van der Waals surface area contributed by atoms with E-state index in [1.165, 1.54) is 50.9 Å². The molecule has 0 N–H and O–H groups in total. The number of nitrogens with zero attached hydrogens (tertiary/aromatic N) is 2. The lowest BCUT2D eigenvalue weighted by Crippen LogP contribution is -2.61. The molecule has 1 spiro atoms. The van der Waals surface area contributed by atoms with E-state index in [1.807, 2.05) is 6.26 Å². The number of ether oxygens (including phenoxy) is 1. The summed E-state index contributed by atoms with van der Waals surface area (Å²) in [6.45, 7) is 7.69. The summed E-state index contributed by atoms with van der Waals surface area (Å²) in [6.07, 6.45) is 9.02. The zero-order chi connectivity index (χ0) is 14.1. The van der Waals surface area contributed by atoms with Gasteiger partial charge in [-0.05, 0) is 37.7 Å². The molecule has 0 atom stereocenters. The molecule has 4 rings (SSSR count). The summed E-state index contributed by atoms with van der Waals surface area (Å²) in [4.78, 5) is 5.32. The molecule has 4 nitrogen and oxygen atoms in total. The first-order valence-corrected chi connectivity index (χ1v) is 8.40. The molecule has 2 aliphatic heterocycles. The van der Waals surface area contributed by atoms with Crippen LogP contribution in [0, 0.1) is 5.92 Å². The van der Waals surface area contributed by atoms with Crippen molar-refractivity contribution < 1.29 is 9.15 Å². The van der Waals surface area contributed by atoms with E-state index >= 15 is 0 Å². The molecule has 116 valence electrons. The second kappa shape index (κ2) is 5.75. The molecular weight excluding hydrogens is 264 g/mol. The van der Waals surface area contributed by atoms with Crippen LogP contribution in [0.4, 0.5) is 0 Å². The topological polar surface area (TPSA) is 28.9 Å². The lowest BCUT2D eigenvalue weighted by Gasteiger charge is -2.51. The van der Waals surface area contributed by atoms with Crippen LogP contribution in [0.1, 0.15) is 31.2 Å². The summed E-state index contributed by atoms with van der Waals surface area (Å²) in [5.74, 6) is 0.976. The van der Waals surface area contributed by atoms with Crippen molar-refractivity contribution in [2.45, 2.75) is 37.8 Å². The molecule has 0 unspecified atom stereocenters. The molecule has 4 heteroatoms. The molecule has 1 aromatic rings. The van der Waals surface area contributed by atoms with Crippen LogP contribution in [0.5, 0.6) is 0 Å². The molecule has 1 saturated carbocycles. The summed E-state index contributed by atoms with van der Waals surface area (Å²) in [7, 11) is 0. The van der Waals surface area contributed by atoms with Crippen LogP contribution in [0.3, 0.4) is 0 Å². The summed E-state index contributed by atoms with van der Waals surface area (Å²) >= 11 is 0. The number of furan rings is 1. The number of piperidine rings is 1. The van der Waals surface area contributed by atoms with Crippen LogP contribution in [0.15, 0.2) is 23.0 Å². The third kappa shape index (κ3) is 3.03. The summed E-state index contributed by atoms with van der Waals surface area (Å²) in [6, 6.07) is 2.08. The van der Waals surface area contributed by atoms with Gasteiger partial charge in [0.05, 0.1) is 25.7 Å². The van der Waals surface area contributed by atoms with E-state index in [9.17, 15) is 0 Å². The van der Waals surface area contributed by atoms with E-state index in [-0.39, 0.29) is 0 Å². The number of hydrogen-bond donors (Lipinski definition) is 0. The van der Waals surface area contributed by atoms with Crippen LogP contribution in [-0.4, -0.2) is 54.7 Å². The van der Waals surface area contributed by atoms with Crippen molar-refractivity contribution in [2.24, 2.45) is 5.92 Å². The van der Waals surface area contributed by atoms with Crippen molar-refractivity contribution in [3.8, 4) is 0 Å². The highest BCUT2D eigenvalue weighted by Crippen LogP contribution is 2.37. The average Bonchev–Trinajstić information content (AvgIpc) is 3.18. The SMILES string of the molecule is c1cc(CN2CCC3(CC2)COCCN3CC2CC2)co1. The first-order chi connectivity index (χ1) is 10.3. The van der Waals surface area contributed by atoms with Crippen molar-refractivity contribution in [3.63, 3.8) is 0 Å². The minimum absolute atomic E-state index is 0.327. The first kappa shape index (κ1) is 13.8. The van der Waals surface area contributed by atoms with E-state index in [4.69, 9.17) is 9.15 Å². The third-order valence-corrected chi connectivity index (χ3v) is 5.50. The van der Waals surface area contributed by atoms with Gasteiger partial charge >= 0.3 is 0 Å². The van der Waals surface area contributed by atoms with Crippen LogP contribution in [0.2, 0.25) is 0 Å². The molecule has 0 amide bonds. The predicted molar refractivity (Wildman–Crippen MR) is 81.1 cm³/mol. The zero-order valence-corrected chi connectivity index (χ0v) is 12.8. The molecule has 1 aliphatic carbocycles. The van der Waals surface area contributed by atoms with Crippen LogP contribution in [0.25, 0.3) is 0 Å². The second-order valence-corrected chi connectivity index (χ2v) is 7.07. The van der Waals surface area contributed by atoms with Gasteiger partial charge in [0.25, 0.3) is 0 Å². The Morgan fingerprint density at radius 2 is 2.05 bits per heavy atom. The van der Waals surface area contributed by atoms with Crippen molar-refractivity contribution >= 4 is 0 Å². The number of morpholine rings is 1. The predicted octanol–water partition coefficient (Wildman–Crippen LogP) is 2.36. The van der Waals surface area contributed by atoms with Crippen LogP contribution < -0.4 is 0 Å². The minimum atomic E-state index is 0.327. The molecule has 3 heterocycles. The second-order valence-electron chi connectivity index (χ2n) is 7.07. The van der Waals surface area contributed by atoms with Gasteiger partial charge in [-0.3, -0.25) is 9.80 Å². The van der Waals surface area contributed by atoms with E-state index < -0.39 is 0 Å². The lowest BCUT2D eigenvalue weighted by atomic mass is 9.85. The van der Waals surface area contributed by atoms with Gasteiger partial charge in [-0.25, -0.2) is 0 Å². The van der Waals surface area contributed by atoms with Gasteiger partial charge in [-0.15, -0.1) is 0 Å². The highest BCUT2D eigenvalue weighted by atomic mass is 16.5. The molecule has 21 heavy (non-hydrogen) atoms. The number of rotatable bonds is 4. The monoisotopic (exact) mass is 290 g/mol. The Labute approximate surface area is 127 Å². The molecule has 3 aliphatic rings. The van der Waals surface area contributed by atoms with E-state index in [0.29, 0.717) is 5.54 Å². The molecule has 0 radical (unpaired) electrons. The summed E-state index contributed by atoms with van der Waals surface area (Å²) < 4.78 is 11.0. The Bertz CT molecular complexity index is 447. The fourth-order valence-electron chi connectivity index (χ4n) is 3.89. The van der Waals surface area contributed by atoms with Gasteiger partial charge < -0.3 is 9.15 Å². The zero-order valence-electron chi connectivity index (χ0n) is 12.8. The van der Waals surface area contributed by atoms with Crippen molar-refractivity contribution in [1.82, 2.24) is 9.80 Å². The van der Waals surface area contributed by atoms with Gasteiger partial charge in [-0.2, -0.15) is 0 Å².